The molecule has 3 N–H and O–H groups in total. The molecule has 1 fully saturated rings. The first-order valence-electron chi connectivity index (χ1n) is 11.3. The van der Waals surface area contributed by atoms with Crippen LogP contribution in [0.3, 0.4) is 0 Å². The molecule has 6 nitrogen and oxygen atoms in total. The Bertz CT molecular complexity index is 1330. The number of rotatable bonds is 5. The van der Waals surface area contributed by atoms with E-state index in [0.29, 0.717) is 28.5 Å². The molecule has 34 heavy (non-hydrogen) atoms. The van der Waals surface area contributed by atoms with Gasteiger partial charge in [-0.25, -0.2) is 8.78 Å². The summed E-state index contributed by atoms with van der Waals surface area (Å²) in [6.07, 6.45) is 2.26. The van der Waals surface area contributed by atoms with Crippen LogP contribution in [0.25, 0.3) is 10.9 Å². The summed E-state index contributed by atoms with van der Waals surface area (Å²) in [6, 6.07) is 16.4. The maximum absolute atomic E-state index is 13.9. The standard InChI is InChI=1S/C26H25F2N5O/c1-33-12-10-17(11-13-33)16-2-4-18(5-3-16)26(34)30-25-21-8-7-20(15-24(21)31-32-25)29-23-9-6-19(27)14-22(23)28/h2-9,14-15,17,29H,10-13H2,1H3,(H2,30,31,32,34). The van der Waals surface area contributed by atoms with Crippen LogP contribution in [0.2, 0.25) is 0 Å². The summed E-state index contributed by atoms with van der Waals surface area (Å²) in [5.41, 5.74) is 3.27. The number of aromatic nitrogens is 2. The van der Waals surface area contributed by atoms with Crippen molar-refractivity contribution in [2.45, 2.75) is 18.8 Å². The summed E-state index contributed by atoms with van der Waals surface area (Å²) < 4.78 is 27.1. The summed E-state index contributed by atoms with van der Waals surface area (Å²) in [5.74, 6) is -0.601. The summed E-state index contributed by atoms with van der Waals surface area (Å²) in [5, 5.41) is 13.6. The molecule has 1 saturated heterocycles. The van der Waals surface area contributed by atoms with E-state index in [0.717, 1.165) is 37.4 Å². The van der Waals surface area contributed by atoms with E-state index < -0.39 is 11.6 Å². The van der Waals surface area contributed by atoms with Crippen molar-refractivity contribution in [2.75, 3.05) is 30.8 Å². The lowest BCUT2D eigenvalue weighted by Gasteiger charge is -2.29. The second kappa shape index (κ2) is 9.23. The summed E-state index contributed by atoms with van der Waals surface area (Å²) in [6.45, 7) is 2.18. The third-order valence-corrected chi connectivity index (χ3v) is 6.37. The summed E-state index contributed by atoms with van der Waals surface area (Å²) in [7, 11) is 2.14. The number of nitrogens with one attached hydrogen (secondary N) is 3. The topological polar surface area (TPSA) is 73.0 Å². The molecule has 0 radical (unpaired) electrons. The van der Waals surface area contributed by atoms with E-state index in [-0.39, 0.29) is 11.6 Å². The number of likely N-dealkylation sites (tertiary alicyclic amines) is 1. The molecule has 4 aromatic rings. The van der Waals surface area contributed by atoms with Crippen molar-refractivity contribution in [2.24, 2.45) is 0 Å². The molecule has 3 aromatic carbocycles. The van der Waals surface area contributed by atoms with Gasteiger partial charge in [0.2, 0.25) is 0 Å². The van der Waals surface area contributed by atoms with Gasteiger partial charge in [-0.15, -0.1) is 0 Å². The van der Waals surface area contributed by atoms with Crippen molar-refractivity contribution in [1.29, 1.82) is 0 Å². The molecule has 0 aliphatic carbocycles. The average molecular weight is 462 g/mol. The molecule has 0 spiro atoms. The maximum atomic E-state index is 13.9. The Morgan fingerprint density at radius 2 is 1.79 bits per heavy atom. The van der Waals surface area contributed by atoms with Gasteiger partial charge in [-0.3, -0.25) is 9.89 Å². The number of carbonyl (C=O) groups excluding carboxylic acids is 1. The maximum Gasteiger partial charge on any atom is 0.256 e. The number of aromatic amines is 1. The SMILES string of the molecule is CN1CCC(c2ccc(C(=O)Nc3n[nH]c4cc(Nc5ccc(F)cc5F)ccc34)cc2)CC1. The van der Waals surface area contributed by atoms with E-state index in [9.17, 15) is 13.6 Å². The number of amides is 1. The molecule has 0 atom stereocenters. The molecule has 0 bridgehead atoms. The van der Waals surface area contributed by atoms with Gasteiger partial charge < -0.3 is 15.5 Å². The Kier molecular flexibility index (Phi) is 5.98. The predicted molar refractivity (Wildman–Crippen MR) is 130 cm³/mol. The van der Waals surface area contributed by atoms with Crippen LogP contribution < -0.4 is 10.6 Å². The molecule has 1 amide bonds. The number of H-pyrrole nitrogens is 1. The summed E-state index contributed by atoms with van der Waals surface area (Å²) in [4.78, 5) is 15.1. The van der Waals surface area contributed by atoms with Gasteiger partial charge in [0.05, 0.1) is 11.2 Å². The number of nitrogens with zero attached hydrogens (tertiary/aromatic N) is 2. The average Bonchev–Trinajstić information content (AvgIpc) is 3.23. The Morgan fingerprint density at radius 3 is 2.53 bits per heavy atom. The van der Waals surface area contributed by atoms with Gasteiger partial charge in [-0.2, -0.15) is 5.10 Å². The molecular formula is C26H25F2N5O. The van der Waals surface area contributed by atoms with E-state index in [1.54, 1.807) is 18.2 Å². The van der Waals surface area contributed by atoms with E-state index in [4.69, 9.17) is 0 Å². The van der Waals surface area contributed by atoms with Crippen LogP contribution in [0.5, 0.6) is 0 Å². The molecule has 0 unspecified atom stereocenters. The molecule has 2 heterocycles. The lowest BCUT2D eigenvalue weighted by atomic mass is 9.89. The Balaban J connectivity index is 1.27. The third kappa shape index (κ3) is 4.63. The van der Waals surface area contributed by atoms with Crippen molar-refractivity contribution in [1.82, 2.24) is 15.1 Å². The van der Waals surface area contributed by atoms with Crippen LogP contribution in [0, 0.1) is 11.6 Å². The quantitative estimate of drug-likeness (QED) is 0.359. The Labute approximate surface area is 196 Å². The summed E-state index contributed by atoms with van der Waals surface area (Å²) >= 11 is 0. The molecule has 174 valence electrons. The minimum atomic E-state index is -0.681. The first kappa shape index (κ1) is 22.0. The first-order chi connectivity index (χ1) is 16.5. The van der Waals surface area contributed by atoms with Gasteiger partial charge in [-0.1, -0.05) is 12.1 Å². The molecule has 1 aromatic heterocycles. The fraction of sp³-hybridized carbons (Fsp3) is 0.231. The van der Waals surface area contributed by atoms with Crippen molar-refractivity contribution in [3.63, 3.8) is 0 Å². The zero-order valence-corrected chi connectivity index (χ0v) is 18.7. The van der Waals surface area contributed by atoms with Gasteiger partial charge in [-0.05, 0) is 86.9 Å². The van der Waals surface area contributed by atoms with Gasteiger partial charge in [0.1, 0.15) is 11.6 Å². The zero-order valence-electron chi connectivity index (χ0n) is 18.7. The highest BCUT2D eigenvalue weighted by Crippen LogP contribution is 2.29. The van der Waals surface area contributed by atoms with Gasteiger partial charge in [0.25, 0.3) is 5.91 Å². The van der Waals surface area contributed by atoms with E-state index in [2.05, 4.69) is 32.8 Å². The molecular weight excluding hydrogens is 436 g/mol. The molecule has 5 rings (SSSR count). The fourth-order valence-electron chi connectivity index (χ4n) is 4.37. The second-order valence-electron chi connectivity index (χ2n) is 8.74. The number of fused-ring (bicyclic) bond motifs is 1. The number of halogens is 2. The van der Waals surface area contributed by atoms with E-state index in [1.807, 2.05) is 24.3 Å². The first-order valence-corrected chi connectivity index (χ1v) is 11.3. The highest BCUT2D eigenvalue weighted by atomic mass is 19.1. The minimum absolute atomic E-state index is 0.164. The molecule has 0 saturated carbocycles. The van der Waals surface area contributed by atoms with Crippen molar-refractivity contribution >= 4 is 34.0 Å². The Hall–Kier alpha value is -3.78. The monoisotopic (exact) mass is 461 g/mol. The number of piperidine rings is 1. The number of carbonyl (C=O) groups is 1. The highest BCUT2D eigenvalue weighted by molar-refractivity contribution is 6.08. The van der Waals surface area contributed by atoms with Crippen LogP contribution in [0.1, 0.15) is 34.7 Å². The van der Waals surface area contributed by atoms with Crippen LogP contribution in [-0.4, -0.2) is 41.1 Å². The number of hydrogen-bond donors (Lipinski definition) is 3. The second-order valence-corrected chi connectivity index (χ2v) is 8.74. The normalized spacial score (nSPS) is 14.9. The fourth-order valence-corrected chi connectivity index (χ4v) is 4.37. The number of benzene rings is 3. The minimum Gasteiger partial charge on any atom is -0.353 e. The van der Waals surface area contributed by atoms with E-state index in [1.165, 1.54) is 17.7 Å². The Morgan fingerprint density at radius 1 is 1.03 bits per heavy atom. The van der Waals surface area contributed by atoms with Gasteiger partial charge in [0, 0.05) is 22.7 Å². The predicted octanol–water partition coefficient (Wildman–Crippen LogP) is 5.65. The molecule has 1 aliphatic rings. The highest BCUT2D eigenvalue weighted by Gasteiger charge is 2.19. The van der Waals surface area contributed by atoms with Gasteiger partial charge in [0.15, 0.2) is 5.82 Å². The molecule has 1 aliphatic heterocycles. The third-order valence-electron chi connectivity index (χ3n) is 6.37. The zero-order chi connectivity index (χ0) is 23.7. The van der Waals surface area contributed by atoms with Crippen molar-refractivity contribution < 1.29 is 13.6 Å². The van der Waals surface area contributed by atoms with E-state index >= 15 is 0 Å². The largest absolute Gasteiger partial charge is 0.353 e. The van der Waals surface area contributed by atoms with Crippen molar-refractivity contribution in [3.8, 4) is 0 Å². The lowest BCUT2D eigenvalue weighted by Crippen LogP contribution is -2.29. The van der Waals surface area contributed by atoms with Crippen LogP contribution >= 0.6 is 0 Å². The smallest absolute Gasteiger partial charge is 0.256 e. The lowest BCUT2D eigenvalue weighted by molar-refractivity contribution is 0.102. The number of hydrogen-bond acceptors (Lipinski definition) is 4. The number of anilines is 3. The van der Waals surface area contributed by atoms with Gasteiger partial charge >= 0.3 is 0 Å². The molecule has 8 heteroatoms. The van der Waals surface area contributed by atoms with Crippen LogP contribution in [-0.2, 0) is 0 Å². The van der Waals surface area contributed by atoms with Crippen LogP contribution in [0.15, 0.2) is 60.7 Å². The van der Waals surface area contributed by atoms with Crippen molar-refractivity contribution in [3.05, 3.63) is 83.4 Å². The van der Waals surface area contributed by atoms with Crippen LogP contribution in [0.4, 0.5) is 26.0 Å².